The summed E-state index contributed by atoms with van der Waals surface area (Å²) < 4.78 is 2.59. The van der Waals surface area contributed by atoms with Crippen LogP contribution in [-0.2, 0) is 0 Å². The molecule has 3 nitrogen and oxygen atoms in total. The third kappa shape index (κ3) is 5.58. The molecular weight excluding hydrogens is 615 g/mol. The zero-order valence-electron chi connectivity index (χ0n) is 26.5. The topological polar surface area (TPSA) is 38.7 Å². The van der Waals surface area contributed by atoms with E-state index in [0.717, 1.165) is 44.5 Å². The fourth-order valence-electron chi connectivity index (χ4n) is 6.51. The van der Waals surface area contributed by atoms with E-state index in [4.69, 9.17) is 15.0 Å². The first-order valence-corrected chi connectivity index (χ1v) is 17.2. The second kappa shape index (κ2) is 12.4. The van der Waals surface area contributed by atoms with Gasteiger partial charge in [-0.1, -0.05) is 152 Å². The van der Waals surface area contributed by atoms with Crippen molar-refractivity contribution in [1.29, 1.82) is 0 Å². The van der Waals surface area contributed by atoms with E-state index in [1.165, 1.54) is 25.7 Å². The highest BCUT2D eigenvalue weighted by molar-refractivity contribution is 7.25. The summed E-state index contributed by atoms with van der Waals surface area (Å²) in [6.07, 6.45) is 0. The summed E-state index contributed by atoms with van der Waals surface area (Å²) in [6, 6.07) is 61.5. The van der Waals surface area contributed by atoms with Crippen molar-refractivity contribution in [3.8, 4) is 67.5 Å². The molecule has 2 aromatic heterocycles. The predicted molar refractivity (Wildman–Crippen MR) is 205 cm³/mol. The summed E-state index contributed by atoms with van der Waals surface area (Å²) in [7, 11) is 0. The van der Waals surface area contributed by atoms with Crippen molar-refractivity contribution in [2.45, 2.75) is 0 Å². The zero-order chi connectivity index (χ0) is 32.6. The molecule has 2 heterocycles. The van der Waals surface area contributed by atoms with Crippen molar-refractivity contribution in [2.24, 2.45) is 0 Å². The Bertz CT molecular complexity index is 2610. The van der Waals surface area contributed by atoms with Crippen LogP contribution in [0.2, 0.25) is 0 Å². The van der Waals surface area contributed by atoms with E-state index in [2.05, 4.69) is 158 Å². The number of aromatic nitrogens is 3. The molecule has 0 saturated heterocycles. The molecule has 0 aliphatic heterocycles. The molecule has 0 amide bonds. The van der Waals surface area contributed by atoms with Crippen LogP contribution in [0.1, 0.15) is 0 Å². The number of nitrogens with zero attached hydrogens (tertiary/aromatic N) is 3. The van der Waals surface area contributed by atoms with Crippen molar-refractivity contribution >= 4 is 31.5 Å². The van der Waals surface area contributed by atoms with Gasteiger partial charge in [0.1, 0.15) is 0 Å². The van der Waals surface area contributed by atoms with Gasteiger partial charge in [-0.15, -0.1) is 11.3 Å². The van der Waals surface area contributed by atoms with Gasteiger partial charge < -0.3 is 0 Å². The molecule has 0 aliphatic rings. The Hall–Kier alpha value is -6.23. The predicted octanol–water partition coefficient (Wildman–Crippen LogP) is 12.2. The van der Waals surface area contributed by atoms with E-state index in [0.29, 0.717) is 17.5 Å². The van der Waals surface area contributed by atoms with E-state index < -0.39 is 0 Å². The second-order valence-corrected chi connectivity index (χ2v) is 13.1. The minimum absolute atomic E-state index is 0.637. The largest absolute Gasteiger partial charge is 0.208 e. The summed E-state index contributed by atoms with van der Waals surface area (Å²) in [4.78, 5) is 15.4. The quantitative estimate of drug-likeness (QED) is 0.181. The van der Waals surface area contributed by atoms with Crippen molar-refractivity contribution in [2.75, 3.05) is 0 Å². The Kier molecular flexibility index (Phi) is 7.34. The van der Waals surface area contributed by atoms with Gasteiger partial charge >= 0.3 is 0 Å². The second-order valence-electron chi connectivity index (χ2n) is 12.1. The Labute approximate surface area is 288 Å². The lowest BCUT2D eigenvalue weighted by atomic mass is 9.99. The monoisotopic (exact) mass is 643 g/mol. The zero-order valence-corrected chi connectivity index (χ0v) is 27.3. The number of thiophene rings is 1. The van der Waals surface area contributed by atoms with Crippen LogP contribution in [0.15, 0.2) is 176 Å². The van der Waals surface area contributed by atoms with Gasteiger partial charge in [0.15, 0.2) is 17.5 Å². The van der Waals surface area contributed by atoms with Crippen molar-refractivity contribution in [3.63, 3.8) is 0 Å². The van der Waals surface area contributed by atoms with Crippen LogP contribution in [-0.4, -0.2) is 15.0 Å². The summed E-state index contributed by atoms with van der Waals surface area (Å²) in [5, 5.41) is 2.60. The lowest BCUT2D eigenvalue weighted by Gasteiger charge is -2.13. The summed E-state index contributed by atoms with van der Waals surface area (Å²) in [5.41, 5.74) is 9.59. The SMILES string of the molecule is c1ccc(-c2cccc(-c3nc(-c4cccc(-c5ccc6c(c5)sc5ccccc56)c4)nc(-c4ccccc4-c4ccccc4)n3)c2)cc1. The van der Waals surface area contributed by atoms with Crippen LogP contribution in [0.3, 0.4) is 0 Å². The van der Waals surface area contributed by atoms with Gasteiger partial charge in [-0.2, -0.15) is 0 Å². The third-order valence-electron chi connectivity index (χ3n) is 8.95. The van der Waals surface area contributed by atoms with Gasteiger partial charge in [-0.05, 0) is 57.6 Å². The van der Waals surface area contributed by atoms with Gasteiger partial charge in [0.05, 0.1) is 0 Å². The van der Waals surface area contributed by atoms with Gasteiger partial charge in [0.25, 0.3) is 0 Å². The molecule has 0 saturated carbocycles. The van der Waals surface area contributed by atoms with Gasteiger partial charge in [0.2, 0.25) is 0 Å². The van der Waals surface area contributed by atoms with E-state index in [1.807, 2.05) is 29.5 Å². The normalized spacial score (nSPS) is 11.3. The molecule has 0 unspecified atom stereocenters. The Morgan fingerprint density at radius 1 is 0.286 bits per heavy atom. The van der Waals surface area contributed by atoms with Crippen LogP contribution in [0.5, 0.6) is 0 Å². The maximum Gasteiger partial charge on any atom is 0.164 e. The number of fused-ring (bicyclic) bond motifs is 3. The molecule has 0 radical (unpaired) electrons. The van der Waals surface area contributed by atoms with Crippen LogP contribution >= 0.6 is 11.3 Å². The molecule has 0 fully saturated rings. The smallest absolute Gasteiger partial charge is 0.164 e. The molecule has 49 heavy (non-hydrogen) atoms. The molecule has 0 N–H and O–H groups in total. The average Bonchev–Trinajstić information content (AvgIpc) is 3.56. The standard InChI is InChI=1S/C45H29N3S/c1-3-13-30(14-4-1)32-17-11-19-35(27-32)43-46-44(48-45(47-43)40-23-8-7-21-37(40)31-15-5-2-6-16-31)36-20-12-18-33(28-36)34-25-26-39-38-22-9-10-24-41(38)49-42(39)29-34/h1-29H. The highest BCUT2D eigenvalue weighted by Crippen LogP contribution is 2.38. The van der Waals surface area contributed by atoms with E-state index in [9.17, 15) is 0 Å². The highest BCUT2D eigenvalue weighted by Gasteiger charge is 2.17. The molecule has 0 aliphatic carbocycles. The first-order chi connectivity index (χ1) is 24.3. The summed E-state index contributed by atoms with van der Waals surface area (Å²) >= 11 is 1.84. The summed E-state index contributed by atoms with van der Waals surface area (Å²) in [6.45, 7) is 0. The van der Waals surface area contributed by atoms with Crippen molar-refractivity contribution < 1.29 is 0 Å². The Balaban J connectivity index is 1.20. The number of hydrogen-bond donors (Lipinski definition) is 0. The molecule has 0 atom stereocenters. The lowest BCUT2D eigenvalue weighted by Crippen LogP contribution is -2.01. The van der Waals surface area contributed by atoms with E-state index in [1.54, 1.807) is 0 Å². The Morgan fingerprint density at radius 2 is 0.776 bits per heavy atom. The molecule has 7 aromatic carbocycles. The molecule has 230 valence electrons. The Morgan fingerprint density at radius 3 is 1.49 bits per heavy atom. The minimum atomic E-state index is 0.637. The molecule has 4 heteroatoms. The fourth-order valence-corrected chi connectivity index (χ4v) is 7.66. The van der Waals surface area contributed by atoms with Gasteiger partial charge in [-0.3, -0.25) is 0 Å². The van der Waals surface area contributed by atoms with Crippen molar-refractivity contribution in [1.82, 2.24) is 15.0 Å². The average molecular weight is 644 g/mol. The number of rotatable bonds is 6. The maximum atomic E-state index is 5.16. The van der Waals surface area contributed by atoms with Crippen LogP contribution in [0, 0.1) is 0 Å². The van der Waals surface area contributed by atoms with Gasteiger partial charge in [-0.25, -0.2) is 15.0 Å². The first-order valence-electron chi connectivity index (χ1n) is 16.4. The van der Waals surface area contributed by atoms with E-state index in [-0.39, 0.29) is 0 Å². The first kappa shape index (κ1) is 29.0. The van der Waals surface area contributed by atoms with Crippen molar-refractivity contribution in [3.05, 3.63) is 176 Å². The maximum absolute atomic E-state index is 5.16. The number of benzene rings is 7. The van der Waals surface area contributed by atoms with E-state index >= 15 is 0 Å². The van der Waals surface area contributed by atoms with Crippen LogP contribution in [0.25, 0.3) is 87.7 Å². The lowest BCUT2D eigenvalue weighted by molar-refractivity contribution is 1.07. The molecule has 9 aromatic rings. The third-order valence-corrected chi connectivity index (χ3v) is 10.1. The van der Waals surface area contributed by atoms with Crippen LogP contribution < -0.4 is 0 Å². The highest BCUT2D eigenvalue weighted by atomic mass is 32.1. The molecular formula is C45H29N3S. The summed E-state index contributed by atoms with van der Waals surface area (Å²) in [5.74, 6) is 1.91. The fraction of sp³-hybridized carbons (Fsp3) is 0. The van der Waals surface area contributed by atoms with Crippen LogP contribution in [0.4, 0.5) is 0 Å². The number of hydrogen-bond acceptors (Lipinski definition) is 4. The van der Waals surface area contributed by atoms with Gasteiger partial charge in [0, 0.05) is 36.9 Å². The molecule has 0 spiro atoms. The molecule has 9 rings (SSSR count). The molecule has 0 bridgehead atoms. The minimum Gasteiger partial charge on any atom is -0.208 e.